The monoisotopic (exact) mass is 272 g/mol. The molecule has 1 unspecified atom stereocenters. The SMILES string of the molecule is CC(O)CN(C)Cc1cccc(N)c1Br. The Morgan fingerprint density at radius 3 is 2.80 bits per heavy atom. The van der Waals surface area contributed by atoms with Crippen molar-refractivity contribution in [3.8, 4) is 0 Å². The number of nitrogen functional groups attached to an aromatic ring is 1. The van der Waals surface area contributed by atoms with Crippen LogP contribution in [-0.2, 0) is 6.54 Å². The van der Waals surface area contributed by atoms with Gasteiger partial charge in [-0.05, 0) is 41.5 Å². The van der Waals surface area contributed by atoms with Crippen LogP contribution in [0.1, 0.15) is 12.5 Å². The fourth-order valence-electron chi connectivity index (χ4n) is 1.53. The van der Waals surface area contributed by atoms with Crippen molar-refractivity contribution >= 4 is 21.6 Å². The summed E-state index contributed by atoms with van der Waals surface area (Å²) >= 11 is 3.46. The number of likely N-dealkylation sites (N-methyl/N-ethyl adjacent to an activating group) is 1. The number of aliphatic hydroxyl groups excluding tert-OH is 1. The number of hydrogen-bond donors (Lipinski definition) is 2. The highest BCUT2D eigenvalue weighted by molar-refractivity contribution is 9.10. The Morgan fingerprint density at radius 2 is 2.20 bits per heavy atom. The second-order valence-corrected chi connectivity index (χ2v) is 4.66. The van der Waals surface area contributed by atoms with Gasteiger partial charge in [0.05, 0.1) is 6.10 Å². The summed E-state index contributed by atoms with van der Waals surface area (Å²) in [4.78, 5) is 2.06. The number of halogens is 1. The van der Waals surface area contributed by atoms with Crippen LogP contribution in [0.3, 0.4) is 0 Å². The third kappa shape index (κ3) is 3.81. The number of aliphatic hydroxyl groups is 1. The standard InChI is InChI=1S/C11H17BrN2O/c1-8(15)6-14(2)7-9-4-3-5-10(13)11(9)12/h3-5,8,15H,6-7,13H2,1-2H3. The van der Waals surface area contributed by atoms with E-state index in [1.54, 1.807) is 6.92 Å². The summed E-state index contributed by atoms with van der Waals surface area (Å²) in [6.45, 7) is 3.21. The van der Waals surface area contributed by atoms with E-state index in [0.29, 0.717) is 6.54 Å². The first-order chi connectivity index (χ1) is 7.00. The molecule has 0 aromatic heterocycles. The van der Waals surface area contributed by atoms with E-state index in [1.807, 2.05) is 25.2 Å². The van der Waals surface area contributed by atoms with Gasteiger partial charge in [-0.3, -0.25) is 4.90 Å². The molecule has 1 rings (SSSR count). The molecule has 0 aliphatic heterocycles. The van der Waals surface area contributed by atoms with E-state index in [1.165, 1.54) is 0 Å². The minimum Gasteiger partial charge on any atom is -0.398 e. The normalized spacial score (nSPS) is 13.1. The molecule has 4 heteroatoms. The van der Waals surface area contributed by atoms with E-state index in [2.05, 4.69) is 20.8 Å². The molecule has 0 fully saturated rings. The molecule has 1 aromatic carbocycles. The van der Waals surface area contributed by atoms with Crippen LogP contribution in [0.5, 0.6) is 0 Å². The van der Waals surface area contributed by atoms with Gasteiger partial charge in [0.25, 0.3) is 0 Å². The molecule has 0 amide bonds. The van der Waals surface area contributed by atoms with Gasteiger partial charge in [0.1, 0.15) is 0 Å². The summed E-state index contributed by atoms with van der Waals surface area (Å²) in [5.74, 6) is 0. The van der Waals surface area contributed by atoms with Gasteiger partial charge in [-0.2, -0.15) is 0 Å². The maximum atomic E-state index is 9.25. The van der Waals surface area contributed by atoms with Crippen molar-refractivity contribution in [2.24, 2.45) is 0 Å². The van der Waals surface area contributed by atoms with Crippen molar-refractivity contribution in [1.29, 1.82) is 0 Å². The summed E-state index contributed by atoms with van der Waals surface area (Å²) < 4.78 is 0.947. The van der Waals surface area contributed by atoms with Gasteiger partial charge in [-0.1, -0.05) is 12.1 Å². The second-order valence-electron chi connectivity index (χ2n) is 3.87. The molecule has 0 spiro atoms. The van der Waals surface area contributed by atoms with E-state index in [-0.39, 0.29) is 6.10 Å². The topological polar surface area (TPSA) is 49.5 Å². The molecule has 84 valence electrons. The average molecular weight is 273 g/mol. The Morgan fingerprint density at radius 1 is 1.53 bits per heavy atom. The molecule has 0 bridgehead atoms. The zero-order valence-electron chi connectivity index (χ0n) is 9.07. The largest absolute Gasteiger partial charge is 0.398 e. The van der Waals surface area contributed by atoms with Gasteiger partial charge in [-0.25, -0.2) is 0 Å². The van der Waals surface area contributed by atoms with Gasteiger partial charge in [0.15, 0.2) is 0 Å². The molecule has 0 saturated carbocycles. The summed E-state index contributed by atoms with van der Waals surface area (Å²) in [6.07, 6.45) is -0.310. The van der Waals surface area contributed by atoms with Crippen LogP contribution in [0.4, 0.5) is 5.69 Å². The van der Waals surface area contributed by atoms with Crippen LogP contribution in [0.2, 0.25) is 0 Å². The molecule has 0 radical (unpaired) electrons. The summed E-state index contributed by atoms with van der Waals surface area (Å²) in [7, 11) is 1.97. The average Bonchev–Trinajstić information content (AvgIpc) is 2.11. The highest BCUT2D eigenvalue weighted by atomic mass is 79.9. The summed E-state index contributed by atoms with van der Waals surface area (Å²) in [5, 5.41) is 9.25. The van der Waals surface area contributed by atoms with Gasteiger partial charge in [0.2, 0.25) is 0 Å². The summed E-state index contributed by atoms with van der Waals surface area (Å²) in [6, 6.07) is 5.83. The van der Waals surface area contributed by atoms with Crippen LogP contribution in [0.15, 0.2) is 22.7 Å². The Hall–Kier alpha value is -0.580. The van der Waals surface area contributed by atoms with E-state index in [0.717, 1.165) is 22.3 Å². The van der Waals surface area contributed by atoms with Crippen LogP contribution in [-0.4, -0.2) is 29.7 Å². The third-order valence-electron chi connectivity index (χ3n) is 2.12. The number of nitrogens with zero attached hydrogens (tertiary/aromatic N) is 1. The maximum absolute atomic E-state index is 9.25. The molecule has 0 aliphatic carbocycles. The lowest BCUT2D eigenvalue weighted by atomic mass is 10.2. The molecule has 0 saturated heterocycles. The van der Waals surface area contributed by atoms with Gasteiger partial charge in [-0.15, -0.1) is 0 Å². The van der Waals surface area contributed by atoms with E-state index < -0.39 is 0 Å². The van der Waals surface area contributed by atoms with E-state index in [4.69, 9.17) is 5.73 Å². The Kier molecular flexibility index (Phi) is 4.57. The maximum Gasteiger partial charge on any atom is 0.0639 e. The number of hydrogen-bond acceptors (Lipinski definition) is 3. The van der Waals surface area contributed by atoms with Crippen molar-refractivity contribution in [3.63, 3.8) is 0 Å². The molecule has 1 atom stereocenters. The van der Waals surface area contributed by atoms with Crippen LogP contribution >= 0.6 is 15.9 Å². The van der Waals surface area contributed by atoms with Crippen LogP contribution in [0, 0.1) is 0 Å². The van der Waals surface area contributed by atoms with Crippen molar-refractivity contribution in [3.05, 3.63) is 28.2 Å². The van der Waals surface area contributed by atoms with Crippen molar-refractivity contribution in [1.82, 2.24) is 4.90 Å². The van der Waals surface area contributed by atoms with E-state index >= 15 is 0 Å². The van der Waals surface area contributed by atoms with Gasteiger partial charge < -0.3 is 10.8 Å². The molecule has 3 N–H and O–H groups in total. The van der Waals surface area contributed by atoms with Gasteiger partial charge in [0, 0.05) is 23.2 Å². The molecule has 1 aromatic rings. The molecule has 0 aliphatic rings. The Balaban J connectivity index is 2.68. The quantitative estimate of drug-likeness (QED) is 0.823. The first kappa shape index (κ1) is 12.5. The highest BCUT2D eigenvalue weighted by Crippen LogP contribution is 2.24. The van der Waals surface area contributed by atoms with E-state index in [9.17, 15) is 5.11 Å². The smallest absolute Gasteiger partial charge is 0.0639 e. The molecule has 0 heterocycles. The molecule has 15 heavy (non-hydrogen) atoms. The zero-order chi connectivity index (χ0) is 11.4. The fourth-order valence-corrected chi connectivity index (χ4v) is 1.92. The number of rotatable bonds is 4. The molecule has 3 nitrogen and oxygen atoms in total. The minimum atomic E-state index is -0.310. The van der Waals surface area contributed by atoms with Crippen molar-refractivity contribution in [2.75, 3.05) is 19.3 Å². The highest BCUT2D eigenvalue weighted by Gasteiger charge is 2.07. The Labute approximate surface area is 99.0 Å². The molecular formula is C11H17BrN2O. The third-order valence-corrected chi connectivity index (χ3v) is 3.09. The number of nitrogens with two attached hydrogens (primary N) is 1. The van der Waals surface area contributed by atoms with Crippen molar-refractivity contribution < 1.29 is 5.11 Å². The molecular weight excluding hydrogens is 256 g/mol. The zero-order valence-corrected chi connectivity index (χ0v) is 10.7. The number of benzene rings is 1. The number of anilines is 1. The lowest BCUT2D eigenvalue weighted by Crippen LogP contribution is -2.26. The van der Waals surface area contributed by atoms with Crippen LogP contribution < -0.4 is 5.73 Å². The first-order valence-corrected chi connectivity index (χ1v) is 5.69. The second kappa shape index (κ2) is 5.49. The lowest BCUT2D eigenvalue weighted by Gasteiger charge is -2.19. The predicted octanol–water partition coefficient (Wildman–Crippen LogP) is 1.84. The van der Waals surface area contributed by atoms with Crippen molar-refractivity contribution in [2.45, 2.75) is 19.6 Å². The van der Waals surface area contributed by atoms with Crippen LogP contribution in [0.25, 0.3) is 0 Å². The first-order valence-electron chi connectivity index (χ1n) is 4.90. The predicted molar refractivity (Wildman–Crippen MR) is 66.6 cm³/mol. The lowest BCUT2D eigenvalue weighted by molar-refractivity contribution is 0.138. The minimum absolute atomic E-state index is 0.310. The van der Waals surface area contributed by atoms with Gasteiger partial charge >= 0.3 is 0 Å². The summed E-state index contributed by atoms with van der Waals surface area (Å²) in [5.41, 5.74) is 7.67. The fraction of sp³-hybridized carbons (Fsp3) is 0.455. The Bertz CT molecular complexity index is 328.